The number of nitrogens with one attached hydrogen (secondary N) is 1. The van der Waals surface area contributed by atoms with E-state index in [0.717, 1.165) is 30.6 Å². The van der Waals surface area contributed by atoms with Crippen LogP contribution in [0.5, 0.6) is 5.75 Å². The van der Waals surface area contributed by atoms with E-state index in [2.05, 4.69) is 33.7 Å². The number of aryl methyl sites for hydroxylation is 1. The van der Waals surface area contributed by atoms with E-state index in [1.165, 1.54) is 22.9 Å². The Kier molecular flexibility index (Phi) is 6.38. The number of nitrogens with zero attached hydrogens (tertiary/aromatic N) is 2. The third kappa shape index (κ3) is 4.67. The fourth-order valence-electron chi connectivity index (χ4n) is 3.63. The zero-order valence-electron chi connectivity index (χ0n) is 17.1. The fourth-order valence-corrected chi connectivity index (χ4v) is 4.32. The summed E-state index contributed by atoms with van der Waals surface area (Å²) in [6.07, 6.45) is 3.12. The van der Waals surface area contributed by atoms with Crippen LogP contribution in [0.2, 0.25) is 0 Å². The first-order valence-corrected chi connectivity index (χ1v) is 11.1. The third-order valence-corrected chi connectivity index (χ3v) is 6.09. The van der Waals surface area contributed by atoms with Gasteiger partial charge in [-0.05, 0) is 68.5 Å². The van der Waals surface area contributed by atoms with E-state index < -0.39 is 0 Å². The summed E-state index contributed by atoms with van der Waals surface area (Å²) in [5.74, 6) is 1.20. The van der Waals surface area contributed by atoms with E-state index in [4.69, 9.17) is 9.15 Å². The molecule has 156 valence electrons. The molecule has 0 bridgehead atoms. The van der Waals surface area contributed by atoms with Gasteiger partial charge in [-0.15, -0.1) is 10.2 Å². The fraction of sp³-hybridized carbons (Fsp3) is 0.348. The molecule has 0 spiro atoms. The molecule has 0 saturated heterocycles. The maximum Gasteiger partial charge on any atom is 0.277 e. The molecule has 7 heteroatoms. The van der Waals surface area contributed by atoms with Crippen LogP contribution in [0.4, 0.5) is 0 Å². The number of benzene rings is 2. The van der Waals surface area contributed by atoms with Crippen molar-refractivity contribution in [2.75, 3.05) is 6.61 Å². The van der Waals surface area contributed by atoms with Crippen molar-refractivity contribution in [2.45, 2.75) is 49.6 Å². The van der Waals surface area contributed by atoms with E-state index in [9.17, 15) is 4.79 Å². The van der Waals surface area contributed by atoms with Gasteiger partial charge >= 0.3 is 0 Å². The molecule has 6 nitrogen and oxygen atoms in total. The van der Waals surface area contributed by atoms with Crippen molar-refractivity contribution in [3.05, 3.63) is 59.7 Å². The average Bonchev–Trinajstić information content (AvgIpc) is 3.23. The Labute approximate surface area is 180 Å². The van der Waals surface area contributed by atoms with Crippen LogP contribution in [0, 0.1) is 0 Å². The Balaban J connectivity index is 1.37. The SMILES string of the molecule is CCOc1ccc(-c2nnc(S[C@@H](C)C(=O)N[C@H]3CCCc4ccccc43)o2)cc1. The summed E-state index contributed by atoms with van der Waals surface area (Å²) in [5, 5.41) is 11.4. The topological polar surface area (TPSA) is 77.2 Å². The van der Waals surface area contributed by atoms with Crippen molar-refractivity contribution >= 4 is 17.7 Å². The maximum absolute atomic E-state index is 12.8. The number of amides is 1. The lowest BCUT2D eigenvalue weighted by atomic mass is 9.88. The van der Waals surface area contributed by atoms with Crippen LogP contribution in [0.1, 0.15) is 43.9 Å². The highest BCUT2D eigenvalue weighted by Crippen LogP contribution is 2.31. The Morgan fingerprint density at radius 3 is 2.83 bits per heavy atom. The second-order valence-electron chi connectivity index (χ2n) is 7.24. The molecule has 0 saturated carbocycles. The lowest BCUT2D eigenvalue weighted by Crippen LogP contribution is -2.35. The Hall–Kier alpha value is -2.80. The molecule has 2 aromatic carbocycles. The molecule has 1 amide bonds. The number of hydrogen-bond acceptors (Lipinski definition) is 6. The second kappa shape index (κ2) is 9.34. The van der Waals surface area contributed by atoms with Gasteiger partial charge in [0.15, 0.2) is 0 Å². The van der Waals surface area contributed by atoms with E-state index >= 15 is 0 Å². The largest absolute Gasteiger partial charge is 0.494 e. The van der Waals surface area contributed by atoms with Crippen molar-refractivity contribution in [1.82, 2.24) is 15.5 Å². The van der Waals surface area contributed by atoms with E-state index in [-0.39, 0.29) is 17.2 Å². The molecule has 1 heterocycles. The molecule has 0 radical (unpaired) electrons. The molecular weight excluding hydrogens is 398 g/mol. The van der Waals surface area contributed by atoms with Crippen LogP contribution in [-0.4, -0.2) is 28.0 Å². The van der Waals surface area contributed by atoms with Crippen molar-refractivity contribution in [3.8, 4) is 17.2 Å². The van der Waals surface area contributed by atoms with Gasteiger partial charge < -0.3 is 14.5 Å². The second-order valence-corrected chi connectivity index (χ2v) is 8.53. The van der Waals surface area contributed by atoms with Crippen LogP contribution in [0.25, 0.3) is 11.5 Å². The summed E-state index contributed by atoms with van der Waals surface area (Å²) in [6.45, 7) is 4.42. The molecular formula is C23H25N3O3S. The molecule has 1 aromatic heterocycles. The smallest absolute Gasteiger partial charge is 0.277 e. The first kappa shape index (κ1) is 20.5. The minimum absolute atomic E-state index is 0.0254. The molecule has 0 unspecified atom stereocenters. The molecule has 0 aliphatic heterocycles. The first-order chi connectivity index (χ1) is 14.6. The quantitative estimate of drug-likeness (QED) is 0.550. The minimum atomic E-state index is -0.340. The van der Waals surface area contributed by atoms with Gasteiger partial charge in [0.2, 0.25) is 11.8 Å². The highest BCUT2D eigenvalue weighted by atomic mass is 32.2. The minimum Gasteiger partial charge on any atom is -0.494 e. The number of ether oxygens (including phenoxy) is 1. The summed E-state index contributed by atoms with van der Waals surface area (Å²) < 4.78 is 11.2. The number of thioether (sulfide) groups is 1. The van der Waals surface area contributed by atoms with Crippen LogP contribution in [0.15, 0.2) is 58.2 Å². The summed E-state index contributed by atoms with van der Waals surface area (Å²) in [7, 11) is 0. The predicted octanol–water partition coefficient (Wildman–Crippen LogP) is 4.81. The van der Waals surface area contributed by atoms with Crippen LogP contribution < -0.4 is 10.1 Å². The lowest BCUT2D eigenvalue weighted by Gasteiger charge is -2.27. The van der Waals surface area contributed by atoms with Crippen molar-refractivity contribution in [1.29, 1.82) is 0 Å². The summed E-state index contributed by atoms with van der Waals surface area (Å²) in [4.78, 5) is 12.8. The standard InChI is InChI=1S/C23H25N3O3S/c1-3-28-18-13-11-17(12-14-18)22-25-26-23(29-22)30-15(2)21(27)24-20-10-6-8-16-7-4-5-9-19(16)20/h4-5,7,9,11-15,20H,3,6,8,10H2,1-2H3,(H,24,27)/t15-,20-/m0/s1. The third-order valence-electron chi connectivity index (χ3n) is 5.15. The van der Waals surface area contributed by atoms with Gasteiger partial charge in [-0.2, -0.15) is 0 Å². The Bertz CT molecular complexity index is 1000. The Morgan fingerprint density at radius 2 is 2.03 bits per heavy atom. The number of rotatable bonds is 7. The predicted molar refractivity (Wildman–Crippen MR) is 116 cm³/mol. The molecule has 1 N–H and O–H groups in total. The highest BCUT2D eigenvalue weighted by molar-refractivity contribution is 8.00. The molecule has 1 aliphatic carbocycles. The van der Waals surface area contributed by atoms with Gasteiger partial charge in [-0.25, -0.2) is 0 Å². The Morgan fingerprint density at radius 1 is 1.23 bits per heavy atom. The average molecular weight is 424 g/mol. The highest BCUT2D eigenvalue weighted by Gasteiger charge is 2.25. The molecule has 0 fully saturated rings. The zero-order valence-corrected chi connectivity index (χ0v) is 17.9. The number of hydrogen-bond donors (Lipinski definition) is 1. The maximum atomic E-state index is 12.8. The first-order valence-electron chi connectivity index (χ1n) is 10.3. The van der Waals surface area contributed by atoms with Gasteiger partial charge in [-0.1, -0.05) is 36.0 Å². The number of aromatic nitrogens is 2. The number of fused-ring (bicyclic) bond motifs is 1. The van der Waals surface area contributed by atoms with E-state index in [0.29, 0.717) is 17.7 Å². The molecule has 2 atom stereocenters. The van der Waals surface area contributed by atoms with Crippen molar-refractivity contribution in [3.63, 3.8) is 0 Å². The number of carbonyl (C=O) groups excluding carboxylic acids is 1. The molecule has 3 aromatic rings. The molecule has 1 aliphatic rings. The van der Waals surface area contributed by atoms with Gasteiger partial charge in [0.05, 0.1) is 17.9 Å². The van der Waals surface area contributed by atoms with Crippen molar-refractivity contribution in [2.24, 2.45) is 0 Å². The van der Waals surface area contributed by atoms with Crippen LogP contribution >= 0.6 is 11.8 Å². The molecule has 4 rings (SSSR count). The van der Waals surface area contributed by atoms with Gasteiger partial charge in [0.25, 0.3) is 5.22 Å². The van der Waals surface area contributed by atoms with Crippen LogP contribution in [0.3, 0.4) is 0 Å². The summed E-state index contributed by atoms with van der Waals surface area (Å²) in [5.41, 5.74) is 3.37. The summed E-state index contributed by atoms with van der Waals surface area (Å²) >= 11 is 1.27. The number of carbonyl (C=O) groups is 1. The van der Waals surface area contributed by atoms with E-state index in [1.54, 1.807) is 0 Å². The zero-order chi connectivity index (χ0) is 20.9. The van der Waals surface area contributed by atoms with E-state index in [1.807, 2.05) is 44.2 Å². The van der Waals surface area contributed by atoms with Crippen LogP contribution in [-0.2, 0) is 11.2 Å². The molecule has 30 heavy (non-hydrogen) atoms. The normalized spacial score (nSPS) is 16.5. The van der Waals surface area contributed by atoms with Gasteiger partial charge in [0.1, 0.15) is 5.75 Å². The van der Waals surface area contributed by atoms with Gasteiger partial charge in [-0.3, -0.25) is 4.79 Å². The lowest BCUT2D eigenvalue weighted by molar-refractivity contribution is -0.121. The summed E-state index contributed by atoms with van der Waals surface area (Å²) in [6, 6.07) is 15.9. The monoisotopic (exact) mass is 423 g/mol. The van der Waals surface area contributed by atoms with Crippen molar-refractivity contribution < 1.29 is 13.9 Å². The van der Waals surface area contributed by atoms with Gasteiger partial charge in [0, 0.05) is 5.56 Å².